The molecule has 134 valence electrons. The van der Waals surface area contributed by atoms with E-state index < -0.39 is 0 Å². The van der Waals surface area contributed by atoms with Crippen LogP contribution in [0.3, 0.4) is 0 Å². The van der Waals surface area contributed by atoms with Crippen LogP contribution in [0.4, 0.5) is 0 Å². The van der Waals surface area contributed by atoms with E-state index in [-0.39, 0.29) is 36.7 Å². The van der Waals surface area contributed by atoms with Gasteiger partial charge in [-0.25, -0.2) is 0 Å². The summed E-state index contributed by atoms with van der Waals surface area (Å²) < 4.78 is 6.42. The number of carbonyl (C=O) groups is 2. The molecule has 3 N–H and O–H groups in total. The number of nitrogens with zero attached hydrogens (tertiary/aromatic N) is 1. The lowest BCUT2D eigenvalue weighted by Crippen LogP contribution is -2.47. The summed E-state index contributed by atoms with van der Waals surface area (Å²) in [6, 6.07) is 7.36. The van der Waals surface area contributed by atoms with Gasteiger partial charge in [-0.3, -0.25) is 9.59 Å². The Labute approximate surface area is 156 Å². The Balaban J connectivity index is 0.00000288. The summed E-state index contributed by atoms with van der Waals surface area (Å²) in [4.78, 5) is 26.0. The van der Waals surface area contributed by atoms with E-state index in [1.165, 1.54) is 0 Å². The quantitative estimate of drug-likeness (QED) is 0.731. The number of ether oxygens (including phenoxy) is 1. The Hall–Kier alpha value is -1.31. The van der Waals surface area contributed by atoms with Gasteiger partial charge in [0.2, 0.25) is 5.91 Å². The summed E-state index contributed by atoms with van der Waals surface area (Å²) in [6.07, 6.45) is 1.62. The highest BCUT2D eigenvalue weighted by atomic mass is 79.9. The molecule has 24 heavy (non-hydrogen) atoms. The maximum atomic E-state index is 12.3. The second-order valence-electron chi connectivity index (χ2n) is 5.50. The van der Waals surface area contributed by atoms with Crippen molar-refractivity contribution in [2.75, 3.05) is 32.8 Å². The zero-order valence-corrected chi connectivity index (χ0v) is 15.8. The molecular formula is C16H23BrClN3O3. The van der Waals surface area contributed by atoms with E-state index in [1.54, 1.807) is 11.0 Å². The lowest BCUT2D eigenvalue weighted by atomic mass is 9.97. The van der Waals surface area contributed by atoms with Crippen molar-refractivity contribution < 1.29 is 14.3 Å². The Kier molecular flexibility index (Phi) is 9.10. The number of hydrogen-bond acceptors (Lipinski definition) is 4. The fraction of sp³-hybridized carbons (Fsp3) is 0.500. The Morgan fingerprint density at radius 3 is 2.92 bits per heavy atom. The van der Waals surface area contributed by atoms with Crippen LogP contribution in [0, 0.1) is 5.92 Å². The Morgan fingerprint density at radius 2 is 2.21 bits per heavy atom. The summed E-state index contributed by atoms with van der Waals surface area (Å²) in [7, 11) is 0. The fourth-order valence-electron chi connectivity index (χ4n) is 2.55. The number of benzene rings is 1. The molecule has 1 saturated heterocycles. The number of hydrogen-bond donors (Lipinski definition) is 2. The van der Waals surface area contributed by atoms with Gasteiger partial charge in [-0.2, -0.15) is 0 Å². The average Bonchev–Trinajstić information content (AvgIpc) is 2.57. The molecule has 1 fully saturated rings. The van der Waals surface area contributed by atoms with Gasteiger partial charge >= 0.3 is 0 Å². The van der Waals surface area contributed by atoms with Crippen molar-refractivity contribution in [3.05, 3.63) is 28.7 Å². The maximum Gasteiger partial charge on any atom is 0.260 e. The molecule has 0 bridgehead atoms. The minimum absolute atomic E-state index is 0. The average molecular weight is 421 g/mol. The largest absolute Gasteiger partial charge is 0.484 e. The molecule has 1 atom stereocenters. The van der Waals surface area contributed by atoms with Gasteiger partial charge in [-0.1, -0.05) is 22.0 Å². The van der Waals surface area contributed by atoms with Crippen LogP contribution >= 0.6 is 28.3 Å². The molecule has 0 aliphatic carbocycles. The second-order valence-corrected chi connectivity index (χ2v) is 6.42. The van der Waals surface area contributed by atoms with E-state index >= 15 is 0 Å². The van der Waals surface area contributed by atoms with Gasteiger partial charge in [0.05, 0.1) is 5.92 Å². The molecule has 6 nitrogen and oxygen atoms in total. The van der Waals surface area contributed by atoms with Crippen LogP contribution in [0.5, 0.6) is 5.75 Å². The summed E-state index contributed by atoms with van der Waals surface area (Å²) in [5, 5.41) is 2.79. The van der Waals surface area contributed by atoms with E-state index in [0.29, 0.717) is 31.9 Å². The third kappa shape index (κ3) is 6.30. The zero-order chi connectivity index (χ0) is 16.7. The van der Waals surface area contributed by atoms with Crippen molar-refractivity contribution in [2.24, 2.45) is 11.7 Å². The molecule has 1 aliphatic heterocycles. The number of piperidine rings is 1. The minimum Gasteiger partial charge on any atom is -0.484 e. The molecule has 1 aromatic carbocycles. The van der Waals surface area contributed by atoms with Crippen molar-refractivity contribution in [2.45, 2.75) is 12.8 Å². The lowest BCUT2D eigenvalue weighted by Gasteiger charge is -2.32. The summed E-state index contributed by atoms with van der Waals surface area (Å²) in [5.41, 5.74) is 5.39. The van der Waals surface area contributed by atoms with Gasteiger partial charge in [0.25, 0.3) is 5.91 Å². The van der Waals surface area contributed by atoms with Crippen LogP contribution in [-0.2, 0) is 9.59 Å². The molecule has 1 aliphatic rings. The molecule has 1 aromatic rings. The van der Waals surface area contributed by atoms with Crippen LogP contribution in [-0.4, -0.2) is 49.5 Å². The monoisotopic (exact) mass is 419 g/mol. The van der Waals surface area contributed by atoms with E-state index in [4.69, 9.17) is 10.5 Å². The number of amides is 2. The highest BCUT2D eigenvalue weighted by Gasteiger charge is 2.28. The number of halogens is 2. The Morgan fingerprint density at radius 1 is 1.42 bits per heavy atom. The smallest absolute Gasteiger partial charge is 0.260 e. The first kappa shape index (κ1) is 20.7. The van der Waals surface area contributed by atoms with Gasteiger partial charge in [0.1, 0.15) is 5.75 Å². The molecule has 1 unspecified atom stereocenters. The van der Waals surface area contributed by atoms with Gasteiger partial charge in [0.15, 0.2) is 6.61 Å². The van der Waals surface area contributed by atoms with Gasteiger partial charge in [-0.15, -0.1) is 12.4 Å². The van der Waals surface area contributed by atoms with Crippen molar-refractivity contribution in [1.29, 1.82) is 0 Å². The first-order valence-corrected chi connectivity index (χ1v) is 8.53. The molecule has 0 radical (unpaired) electrons. The van der Waals surface area contributed by atoms with Crippen molar-refractivity contribution in [3.8, 4) is 5.75 Å². The highest BCUT2D eigenvalue weighted by Crippen LogP contribution is 2.19. The molecular weight excluding hydrogens is 398 g/mol. The topological polar surface area (TPSA) is 84.7 Å². The molecule has 2 amide bonds. The summed E-state index contributed by atoms with van der Waals surface area (Å²) in [6.45, 7) is 1.98. The predicted molar refractivity (Wildman–Crippen MR) is 98.3 cm³/mol. The molecule has 0 aromatic heterocycles. The minimum atomic E-state index is -0.162. The van der Waals surface area contributed by atoms with Crippen LogP contribution in [0.2, 0.25) is 0 Å². The first-order valence-electron chi connectivity index (χ1n) is 7.74. The van der Waals surface area contributed by atoms with Gasteiger partial charge < -0.3 is 20.7 Å². The van der Waals surface area contributed by atoms with Crippen LogP contribution in [0.15, 0.2) is 28.7 Å². The van der Waals surface area contributed by atoms with Crippen LogP contribution in [0.1, 0.15) is 12.8 Å². The van der Waals surface area contributed by atoms with E-state index in [9.17, 15) is 9.59 Å². The van der Waals surface area contributed by atoms with E-state index in [0.717, 1.165) is 17.3 Å². The van der Waals surface area contributed by atoms with Gasteiger partial charge in [-0.05, 0) is 31.0 Å². The van der Waals surface area contributed by atoms with Crippen molar-refractivity contribution >= 4 is 40.2 Å². The Bertz CT molecular complexity index is 559. The lowest BCUT2D eigenvalue weighted by molar-refractivity contribution is -0.137. The SMILES string of the molecule is Cl.NCCNC(=O)C1CCCN(C(=O)COc2cccc(Br)c2)C1. The number of nitrogens with one attached hydrogen (secondary N) is 1. The normalized spacial score (nSPS) is 16.9. The predicted octanol–water partition coefficient (Wildman–Crippen LogP) is 1.56. The van der Waals surface area contributed by atoms with E-state index in [2.05, 4.69) is 21.2 Å². The standard InChI is InChI=1S/C16H22BrN3O3.ClH/c17-13-4-1-5-14(9-13)23-11-15(21)20-8-2-3-12(10-20)16(22)19-7-6-18;/h1,4-5,9,12H,2-3,6-8,10-11,18H2,(H,19,22);1H. The molecule has 2 rings (SSSR count). The number of likely N-dealkylation sites (tertiary alicyclic amines) is 1. The third-order valence-corrected chi connectivity index (χ3v) is 4.24. The maximum absolute atomic E-state index is 12.3. The molecule has 0 spiro atoms. The highest BCUT2D eigenvalue weighted by molar-refractivity contribution is 9.10. The zero-order valence-electron chi connectivity index (χ0n) is 13.4. The number of rotatable bonds is 6. The van der Waals surface area contributed by atoms with Crippen LogP contribution < -0.4 is 15.8 Å². The fourth-order valence-corrected chi connectivity index (χ4v) is 2.93. The van der Waals surface area contributed by atoms with Crippen molar-refractivity contribution in [1.82, 2.24) is 10.2 Å². The van der Waals surface area contributed by atoms with Crippen LogP contribution in [0.25, 0.3) is 0 Å². The third-order valence-electron chi connectivity index (χ3n) is 3.75. The van der Waals surface area contributed by atoms with Crippen molar-refractivity contribution in [3.63, 3.8) is 0 Å². The van der Waals surface area contributed by atoms with Gasteiger partial charge in [0, 0.05) is 30.7 Å². The molecule has 0 saturated carbocycles. The molecule has 1 heterocycles. The summed E-state index contributed by atoms with van der Waals surface area (Å²) >= 11 is 3.36. The molecule has 8 heteroatoms. The van der Waals surface area contributed by atoms with E-state index in [1.807, 2.05) is 18.2 Å². The first-order chi connectivity index (χ1) is 11.1. The second kappa shape index (κ2) is 10.5. The number of carbonyl (C=O) groups excluding carboxylic acids is 2. The number of nitrogens with two attached hydrogens (primary N) is 1. The summed E-state index contributed by atoms with van der Waals surface area (Å²) in [5.74, 6) is 0.356.